The van der Waals surface area contributed by atoms with Gasteiger partial charge in [-0.15, -0.1) is 0 Å². The van der Waals surface area contributed by atoms with Gasteiger partial charge in [0.05, 0.1) is 18.5 Å². The Kier molecular flexibility index (Phi) is 3.21. The molecule has 0 spiro atoms. The van der Waals surface area contributed by atoms with E-state index in [1.54, 1.807) is 4.52 Å². The van der Waals surface area contributed by atoms with E-state index >= 15 is 0 Å². The molecule has 2 aromatic heterocycles. The second-order valence-corrected chi connectivity index (χ2v) is 4.85. The van der Waals surface area contributed by atoms with E-state index in [1.165, 1.54) is 0 Å². The van der Waals surface area contributed by atoms with Crippen LogP contribution in [0.2, 0.25) is 0 Å². The first kappa shape index (κ1) is 12.2. The topological polar surface area (TPSA) is 39.4 Å². The lowest BCUT2D eigenvalue weighted by atomic mass is 10.1. The van der Waals surface area contributed by atoms with E-state index in [0.717, 1.165) is 27.3 Å². The zero-order valence-electron chi connectivity index (χ0n) is 10.4. The monoisotopic (exact) mass is 317 g/mol. The number of fused-ring (bicyclic) bond motifs is 1. The van der Waals surface area contributed by atoms with E-state index < -0.39 is 0 Å². The van der Waals surface area contributed by atoms with E-state index in [-0.39, 0.29) is 0 Å². The summed E-state index contributed by atoms with van der Waals surface area (Å²) in [6.45, 7) is 2.65. The zero-order chi connectivity index (χ0) is 13.2. The number of benzene rings is 1. The maximum absolute atomic E-state index is 5.43. The molecular weight excluding hydrogens is 306 g/mol. The largest absolute Gasteiger partial charge is 0.494 e. The van der Waals surface area contributed by atoms with Crippen LogP contribution in [0.15, 0.2) is 47.2 Å². The third kappa shape index (κ3) is 2.46. The van der Waals surface area contributed by atoms with Gasteiger partial charge in [-0.25, -0.2) is 9.50 Å². The summed E-state index contributed by atoms with van der Waals surface area (Å²) in [5.74, 6) is 0.873. The van der Waals surface area contributed by atoms with Crippen LogP contribution in [0.3, 0.4) is 0 Å². The van der Waals surface area contributed by atoms with Crippen LogP contribution in [0.25, 0.3) is 16.9 Å². The first-order valence-corrected chi connectivity index (χ1v) is 6.81. The van der Waals surface area contributed by atoms with Crippen LogP contribution in [0.5, 0.6) is 5.75 Å². The Balaban J connectivity index is 1.98. The van der Waals surface area contributed by atoms with E-state index in [4.69, 9.17) is 4.74 Å². The van der Waals surface area contributed by atoms with Gasteiger partial charge >= 0.3 is 0 Å². The average molecular weight is 318 g/mol. The highest BCUT2D eigenvalue weighted by Crippen LogP contribution is 2.21. The first-order valence-electron chi connectivity index (χ1n) is 6.01. The van der Waals surface area contributed by atoms with Crippen molar-refractivity contribution in [3.05, 3.63) is 47.2 Å². The molecule has 3 aromatic rings. The standard InChI is InChI=1S/C14H12BrN3O/c1-2-19-11-5-3-10(4-6-11)12-7-8-14-16-13(15)9-18(14)17-12/h3-9H,2H2,1H3. The molecule has 0 radical (unpaired) electrons. The van der Waals surface area contributed by atoms with Crippen LogP contribution in [0, 0.1) is 0 Å². The normalized spacial score (nSPS) is 10.8. The number of halogens is 1. The predicted molar refractivity (Wildman–Crippen MR) is 77.3 cm³/mol. The number of hydrogen-bond donors (Lipinski definition) is 0. The predicted octanol–water partition coefficient (Wildman–Crippen LogP) is 3.56. The molecule has 0 amide bonds. The minimum Gasteiger partial charge on any atom is -0.494 e. The molecule has 0 unspecified atom stereocenters. The van der Waals surface area contributed by atoms with E-state index in [0.29, 0.717) is 6.61 Å². The summed E-state index contributed by atoms with van der Waals surface area (Å²) in [6.07, 6.45) is 1.84. The Morgan fingerprint density at radius 3 is 2.68 bits per heavy atom. The fourth-order valence-electron chi connectivity index (χ4n) is 1.90. The van der Waals surface area contributed by atoms with Gasteiger partial charge in [0.2, 0.25) is 0 Å². The first-order chi connectivity index (χ1) is 9.26. The van der Waals surface area contributed by atoms with Gasteiger partial charge in [0.1, 0.15) is 10.4 Å². The van der Waals surface area contributed by atoms with Gasteiger partial charge in [0.15, 0.2) is 5.65 Å². The van der Waals surface area contributed by atoms with Crippen LogP contribution in [0.1, 0.15) is 6.92 Å². The summed E-state index contributed by atoms with van der Waals surface area (Å²) in [5, 5.41) is 4.53. The molecule has 5 heteroatoms. The molecule has 0 atom stereocenters. The molecule has 0 aliphatic rings. The van der Waals surface area contributed by atoms with Gasteiger partial charge in [-0.2, -0.15) is 5.10 Å². The van der Waals surface area contributed by atoms with Crippen LogP contribution < -0.4 is 4.74 Å². The summed E-state index contributed by atoms with van der Waals surface area (Å²) < 4.78 is 7.97. The molecule has 0 saturated heterocycles. The summed E-state index contributed by atoms with van der Waals surface area (Å²) >= 11 is 3.34. The van der Waals surface area contributed by atoms with Crippen molar-refractivity contribution in [2.24, 2.45) is 0 Å². The van der Waals surface area contributed by atoms with Crippen molar-refractivity contribution in [3.63, 3.8) is 0 Å². The van der Waals surface area contributed by atoms with Crippen molar-refractivity contribution in [1.82, 2.24) is 14.6 Å². The number of aromatic nitrogens is 3. The highest BCUT2D eigenvalue weighted by atomic mass is 79.9. The van der Waals surface area contributed by atoms with Crippen LogP contribution in [-0.2, 0) is 0 Å². The minimum absolute atomic E-state index is 0.673. The SMILES string of the molecule is CCOc1ccc(-c2ccc3nc(Br)cn3n2)cc1. The molecule has 1 aromatic carbocycles. The van der Waals surface area contributed by atoms with Gasteiger partial charge in [-0.1, -0.05) is 0 Å². The zero-order valence-corrected chi connectivity index (χ0v) is 12.0. The lowest BCUT2D eigenvalue weighted by Gasteiger charge is -2.05. The Morgan fingerprint density at radius 1 is 1.16 bits per heavy atom. The van der Waals surface area contributed by atoms with E-state index in [2.05, 4.69) is 26.0 Å². The van der Waals surface area contributed by atoms with Crippen molar-refractivity contribution in [2.75, 3.05) is 6.61 Å². The molecule has 0 bridgehead atoms. The van der Waals surface area contributed by atoms with Gasteiger partial charge in [0, 0.05) is 5.56 Å². The molecule has 0 saturated carbocycles. The number of nitrogens with zero attached hydrogens (tertiary/aromatic N) is 3. The Labute approximate surface area is 119 Å². The molecule has 2 heterocycles. The smallest absolute Gasteiger partial charge is 0.154 e. The number of imidazole rings is 1. The maximum atomic E-state index is 5.43. The Bertz CT molecular complexity index is 706. The Hall–Kier alpha value is -1.88. The molecule has 19 heavy (non-hydrogen) atoms. The van der Waals surface area contributed by atoms with Gasteiger partial charge in [0.25, 0.3) is 0 Å². The Morgan fingerprint density at radius 2 is 1.95 bits per heavy atom. The molecular formula is C14H12BrN3O. The molecule has 3 rings (SSSR count). The van der Waals surface area contributed by atoms with Crippen LogP contribution in [-0.4, -0.2) is 21.2 Å². The van der Waals surface area contributed by atoms with Crippen molar-refractivity contribution < 1.29 is 4.74 Å². The second-order valence-electron chi connectivity index (χ2n) is 4.04. The molecule has 0 fully saturated rings. The fraction of sp³-hybridized carbons (Fsp3) is 0.143. The maximum Gasteiger partial charge on any atom is 0.154 e. The highest BCUT2D eigenvalue weighted by molar-refractivity contribution is 9.10. The van der Waals surface area contributed by atoms with Crippen molar-refractivity contribution in [1.29, 1.82) is 0 Å². The third-order valence-electron chi connectivity index (χ3n) is 2.75. The third-order valence-corrected chi connectivity index (χ3v) is 3.13. The van der Waals surface area contributed by atoms with Crippen molar-refractivity contribution in [3.8, 4) is 17.0 Å². The lowest BCUT2D eigenvalue weighted by molar-refractivity contribution is 0.340. The summed E-state index contributed by atoms with van der Waals surface area (Å²) in [7, 11) is 0. The van der Waals surface area contributed by atoms with Crippen molar-refractivity contribution >= 4 is 21.6 Å². The fourth-order valence-corrected chi connectivity index (χ4v) is 2.27. The van der Waals surface area contributed by atoms with Gasteiger partial charge in [-0.3, -0.25) is 0 Å². The summed E-state index contributed by atoms with van der Waals surface area (Å²) in [5.41, 5.74) is 2.78. The number of ether oxygens (including phenoxy) is 1. The number of rotatable bonds is 3. The van der Waals surface area contributed by atoms with Gasteiger partial charge < -0.3 is 4.74 Å². The van der Waals surface area contributed by atoms with E-state index in [9.17, 15) is 0 Å². The molecule has 0 N–H and O–H groups in total. The summed E-state index contributed by atoms with van der Waals surface area (Å²) in [6, 6.07) is 11.8. The quantitative estimate of drug-likeness (QED) is 0.741. The summed E-state index contributed by atoms with van der Waals surface area (Å²) in [4.78, 5) is 4.28. The molecule has 96 valence electrons. The molecule has 4 nitrogen and oxygen atoms in total. The second kappa shape index (κ2) is 5.01. The van der Waals surface area contributed by atoms with Gasteiger partial charge in [-0.05, 0) is 59.3 Å². The molecule has 0 aliphatic heterocycles. The lowest BCUT2D eigenvalue weighted by Crippen LogP contribution is -1.94. The van der Waals surface area contributed by atoms with Crippen LogP contribution in [0.4, 0.5) is 0 Å². The number of hydrogen-bond acceptors (Lipinski definition) is 3. The van der Waals surface area contributed by atoms with Crippen molar-refractivity contribution in [2.45, 2.75) is 6.92 Å². The molecule has 0 aliphatic carbocycles. The van der Waals surface area contributed by atoms with Crippen LogP contribution >= 0.6 is 15.9 Å². The highest BCUT2D eigenvalue weighted by Gasteiger charge is 2.04. The minimum atomic E-state index is 0.673. The van der Waals surface area contributed by atoms with E-state index in [1.807, 2.05) is 49.5 Å². The average Bonchev–Trinajstić information content (AvgIpc) is 2.79.